The molecule has 1 aliphatic heterocycles. The second-order valence-corrected chi connectivity index (χ2v) is 8.66. The smallest absolute Gasteiger partial charge is 0.281 e. The third kappa shape index (κ3) is 3.31. The molecule has 2 aromatic heterocycles. The van der Waals surface area contributed by atoms with E-state index in [0.717, 1.165) is 10.6 Å². The van der Waals surface area contributed by atoms with Crippen LogP contribution in [-0.2, 0) is 23.2 Å². The van der Waals surface area contributed by atoms with Gasteiger partial charge in [0.15, 0.2) is 5.13 Å². The number of hydrogen-bond donors (Lipinski definition) is 1. The highest BCUT2D eigenvalue weighted by Gasteiger charge is 2.30. The van der Waals surface area contributed by atoms with E-state index >= 15 is 0 Å². The number of carbonyl (C=O) groups is 1. The van der Waals surface area contributed by atoms with Crippen LogP contribution >= 0.6 is 11.3 Å². The minimum absolute atomic E-state index is 0.271. The Kier molecular flexibility index (Phi) is 4.63. The summed E-state index contributed by atoms with van der Waals surface area (Å²) in [6.07, 6.45) is 2.07. The van der Waals surface area contributed by atoms with E-state index < -0.39 is 10.2 Å². The lowest BCUT2D eigenvalue weighted by Crippen LogP contribution is -2.42. The minimum Gasteiger partial charge on any atom is -0.296 e. The fraction of sp³-hybridized carbons (Fsp3) is 0.357. The van der Waals surface area contributed by atoms with Gasteiger partial charge in [0.05, 0.1) is 12.2 Å². The van der Waals surface area contributed by atoms with Gasteiger partial charge in [-0.05, 0) is 12.1 Å². The Hall–Kier alpha value is -1.88. The molecule has 0 atom stereocenters. The van der Waals surface area contributed by atoms with E-state index in [9.17, 15) is 13.2 Å². The van der Waals surface area contributed by atoms with Crippen molar-refractivity contribution in [3.63, 3.8) is 0 Å². The Labute approximate surface area is 144 Å². The zero-order chi connectivity index (χ0) is 17.3. The van der Waals surface area contributed by atoms with Crippen molar-refractivity contribution in [1.82, 2.24) is 18.6 Å². The molecular weight excluding hydrogens is 350 g/mol. The number of thiazole rings is 1. The van der Waals surface area contributed by atoms with E-state index in [1.807, 2.05) is 0 Å². The Morgan fingerprint density at radius 3 is 2.83 bits per heavy atom. The lowest BCUT2D eigenvalue weighted by Gasteiger charge is -2.27. The van der Waals surface area contributed by atoms with Gasteiger partial charge >= 0.3 is 0 Å². The van der Waals surface area contributed by atoms with Crippen LogP contribution in [0.2, 0.25) is 0 Å². The third-order valence-corrected chi connectivity index (χ3v) is 6.49. The SMILES string of the molecule is CN(C)S(=O)(=O)N1CCc2nc(NC(=O)c3ccccn3)sc2C1. The van der Waals surface area contributed by atoms with Gasteiger partial charge in [-0.1, -0.05) is 6.07 Å². The van der Waals surface area contributed by atoms with Gasteiger partial charge in [-0.3, -0.25) is 15.1 Å². The van der Waals surface area contributed by atoms with Crippen LogP contribution in [0.5, 0.6) is 0 Å². The molecule has 3 heterocycles. The standard InChI is InChI=1S/C14H17N5O3S2/c1-18(2)24(21,22)19-8-6-10-12(9-19)23-14(16-10)17-13(20)11-5-3-4-7-15-11/h3-5,7H,6,8-9H2,1-2H3,(H,16,17,20). The number of nitrogens with one attached hydrogen (secondary N) is 1. The van der Waals surface area contributed by atoms with Crippen LogP contribution in [0.25, 0.3) is 0 Å². The Morgan fingerprint density at radius 1 is 1.38 bits per heavy atom. The lowest BCUT2D eigenvalue weighted by atomic mass is 10.2. The molecule has 1 aliphatic rings. The second-order valence-electron chi connectivity index (χ2n) is 5.43. The summed E-state index contributed by atoms with van der Waals surface area (Å²) in [7, 11) is -0.431. The number of rotatable bonds is 4. The molecule has 2 aromatic rings. The first-order valence-corrected chi connectivity index (χ1v) is 9.48. The molecule has 8 nitrogen and oxygen atoms in total. The van der Waals surface area contributed by atoms with Crippen molar-refractivity contribution in [3.8, 4) is 0 Å². The van der Waals surface area contributed by atoms with E-state index in [-0.39, 0.29) is 12.5 Å². The summed E-state index contributed by atoms with van der Waals surface area (Å²) in [6.45, 7) is 0.651. The van der Waals surface area contributed by atoms with Crippen LogP contribution in [0.3, 0.4) is 0 Å². The van der Waals surface area contributed by atoms with Gasteiger partial charge in [0, 0.05) is 38.1 Å². The van der Waals surface area contributed by atoms with E-state index in [2.05, 4.69) is 15.3 Å². The van der Waals surface area contributed by atoms with Crippen LogP contribution in [0.4, 0.5) is 5.13 Å². The topological polar surface area (TPSA) is 95.5 Å². The quantitative estimate of drug-likeness (QED) is 0.868. The first-order valence-electron chi connectivity index (χ1n) is 7.26. The van der Waals surface area contributed by atoms with Gasteiger partial charge in [-0.15, -0.1) is 11.3 Å². The summed E-state index contributed by atoms with van der Waals surface area (Å²) in [6, 6.07) is 5.09. The first-order chi connectivity index (χ1) is 11.4. The first kappa shape index (κ1) is 17.0. The van der Waals surface area contributed by atoms with Gasteiger partial charge in [0.1, 0.15) is 5.69 Å². The van der Waals surface area contributed by atoms with Crippen molar-refractivity contribution in [1.29, 1.82) is 0 Å². The zero-order valence-electron chi connectivity index (χ0n) is 13.3. The molecule has 128 valence electrons. The Bertz CT molecular complexity index is 849. The summed E-state index contributed by atoms with van der Waals surface area (Å²) >= 11 is 1.29. The maximum absolute atomic E-state index is 12.2. The van der Waals surface area contributed by atoms with Gasteiger partial charge in [-0.25, -0.2) is 4.98 Å². The van der Waals surface area contributed by atoms with Crippen LogP contribution in [0.1, 0.15) is 21.1 Å². The summed E-state index contributed by atoms with van der Waals surface area (Å²) < 4.78 is 27.1. The number of hydrogen-bond acceptors (Lipinski definition) is 6. The molecule has 24 heavy (non-hydrogen) atoms. The van der Waals surface area contributed by atoms with E-state index in [0.29, 0.717) is 23.8 Å². The molecule has 0 saturated heterocycles. The molecule has 0 aliphatic carbocycles. The highest BCUT2D eigenvalue weighted by atomic mass is 32.2. The molecule has 0 spiro atoms. The summed E-state index contributed by atoms with van der Waals surface area (Å²) in [5.74, 6) is -0.334. The van der Waals surface area contributed by atoms with Gasteiger partial charge in [-0.2, -0.15) is 17.0 Å². The van der Waals surface area contributed by atoms with Crippen LogP contribution in [-0.4, -0.2) is 53.5 Å². The summed E-state index contributed by atoms with van der Waals surface area (Å²) in [5, 5.41) is 3.18. The molecule has 0 saturated carbocycles. The number of fused-ring (bicyclic) bond motifs is 1. The van der Waals surface area contributed by atoms with Crippen molar-refractivity contribution < 1.29 is 13.2 Å². The van der Waals surface area contributed by atoms with Crippen LogP contribution < -0.4 is 5.32 Å². The number of pyridine rings is 1. The number of aromatic nitrogens is 2. The fourth-order valence-electron chi connectivity index (χ4n) is 2.31. The number of anilines is 1. The highest BCUT2D eigenvalue weighted by molar-refractivity contribution is 7.86. The number of nitrogens with zero attached hydrogens (tertiary/aromatic N) is 4. The highest BCUT2D eigenvalue weighted by Crippen LogP contribution is 2.30. The second kappa shape index (κ2) is 6.55. The van der Waals surface area contributed by atoms with Gasteiger partial charge < -0.3 is 0 Å². The molecule has 0 unspecified atom stereocenters. The lowest BCUT2D eigenvalue weighted by molar-refractivity contribution is 0.102. The number of amides is 1. The summed E-state index contributed by atoms with van der Waals surface area (Å²) in [5.41, 5.74) is 1.14. The maximum Gasteiger partial charge on any atom is 0.281 e. The van der Waals surface area contributed by atoms with Crippen LogP contribution in [0.15, 0.2) is 24.4 Å². The minimum atomic E-state index is -3.45. The molecule has 0 fully saturated rings. The monoisotopic (exact) mass is 367 g/mol. The van der Waals surface area contributed by atoms with Gasteiger partial charge in [0.25, 0.3) is 16.1 Å². The van der Waals surface area contributed by atoms with Crippen molar-refractivity contribution in [3.05, 3.63) is 40.7 Å². The average molecular weight is 367 g/mol. The predicted molar refractivity (Wildman–Crippen MR) is 91.0 cm³/mol. The average Bonchev–Trinajstić information content (AvgIpc) is 2.96. The van der Waals surface area contributed by atoms with E-state index in [1.165, 1.54) is 34.0 Å². The maximum atomic E-state index is 12.2. The van der Waals surface area contributed by atoms with Crippen molar-refractivity contribution in [2.45, 2.75) is 13.0 Å². The van der Waals surface area contributed by atoms with E-state index in [4.69, 9.17) is 0 Å². The number of carbonyl (C=O) groups excluding carboxylic acids is 1. The molecular formula is C14H17N5O3S2. The summed E-state index contributed by atoms with van der Waals surface area (Å²) in [4.78, 5) is 21.4. The normalized spacial score (nSPS) is 15.3. The molecule has 1 amide bonds. The largest absolute Gasteiger partial charge is 0.296 e. The van der Waals surface area contributed by atoms with E-state index in [1.54, 1.807) is 24.4 Å². The van der Waals surface area contributed by atoms with Crippen molar-refractivity contribution >= 4 is 32.6 Å². The van der Waals surface area contributed by atoms with Crippen molar-refractivity contribution in [2.75, 3.05) is 26.0 Å². The molecule has 3 rings (SSSR count). The third-order valence-electron chi connectivity index (χ3n) is 3.60. The molecule has 0 radical (unpaired) electrons. The molecule has 10 heteroatoms. The Morgan fingerprint density at radius 2 is 2.17 bits per heavy atom. The Balaban J connectivity index is 1.75. The van der Waals surface area contributed by atoms with Crippen LogP contribution in [0, 0.1) is 0 Å². The molecule has 0 aromatic carbocycles. The molecule has 0 bridgehead atoms. The molecule has 1 N–H and O–H groups in total. The van der Waals surface area contributed by atoms with Crippen molar-refractivity contribution in [2.24, 2.45) is 0 Å². The fourth-order valence-corrected chi connectivity index (χ4v) is 4.49. The zero-order valence-corrected chi connectivity index (χ0v) is 14.9. The predicted octanol–water partition coefficient (Wildman–Crippen LogP) is 0.955. The van der Waals surface area contributed by atoms with Gasteiger partial charge in [0.2, 0.25) is 0 Å².